The number of hydrogen-bond acceptors (Lipinski definition) is 5. The van der Waals surface area contributed by atoms with Gasteiger partial charge in [0.05, 0.1) is 37.3 Å². The predicted octanol–water partition coefficient (Wildman–Crippen LogP) is 4.91. The summed E-state index contributed by atoms with van der Waals surface area (Å²) in [5.41, 5.74) is 0.314. The zero-order chi connectivity index (χ0) is 24.3. The Labute approximate surface area is 203 Å². The fraction of sp³-hybridized carbons (Fsp3) is 0.417. The molecule has 1 amide bonds. The summed E-state index contributed by atoms with van der Waals surface area (Å²) < 4.78 is 16.1. The molecule has 1 N–H and O–H groups in total. The Balaban J connectivity index is 2.03. The molecule has 0 radical (unpaired) electrons. The first-order valence-electron chi connectivity index (χ1n) is 10.5. The van der Waals surface area contributed by atoms with Crippen molar-refractivity contribution < 1.29 is 28.9 Å². The highest BCUT2D eigenvalue weighted by Gasteiger charge is 2.49. The number of carboxylic acids is 1. The van der Waals surface area contributed by atoms with Crippen LogP contribution in [0.15, 0.2) is 30.3 Å². The Hall–Kier alpha value is -2.64. The van der Waals surface area contributed by atoms with E-state index in [0.29, 0.717) is 52.2 Å². The molecule has 2 aromatic rings. The van der Waals surface area contributed by atoms with E-state index in [0.717, 1.165) is 5.56 Å². The number of likely N-dealkylation sites (tertiary alicyclic amines) is 1. The van der Waals surface area contributed by atoms with Crippen LogP contribution >= 0.6 is 23.2 Å². The van der Waals surface area contributed by atoms with Gasteiger partial charge in [-0.1, -0.05) is 36.2 Å². The standard InChI is InChI=1S/C24H27Cl2NO6/c1-5-16(23(29)30)24(15-6-7-17(25)18(26)12-15)8-9-27(13-24)22(28)14-10-19(31-2)21(33-4)20(11-14)32-3/h6-7,10-12,16H,5,8-9,13H2,1-4H3,(H,29,30). The molecule has 0 aromatic heterocycles. The molecule has 2 aromatic carbocycles. The summed E-state index contributed by atoms with van der Waals surface area (Å²) in [6.07, 6.45) is 0.883. The molecule has 2 atom stereocenters. The minimum atomic E-state index is -0.911. The maximum absolute atomic E-state index is 13.5. The summed E-state index contributed by atoms with van der Waals surface area (Å²) in [7, 11) is 4.45. The number of rotatable bonds is 8. The van der Waals surface area contributed by atoms with Crippen molar-refractivity contribution in [2.75, 3.05) is 34.4 Å². The number of nitrogens with zero attached hydrogens (tertiary/aromatic N) is 1. The number of carbonyl (C=O) groups is 2. The van der Waals surface area contributed by atoms with Crippen molar-refractivity contribution in [2.45, 2.75) is 25.2 Å². The van der Waals surface area contributed by atoms with E-state index >= 15 is 0 Å². The SMILES string of the molecule is CCC(C(=O)O)C1(c2ccc(Cl)c(Cl)c2)CCN(C(=O)c2cc(OC)c(OC)c(OC)c2)C1. The van der Waals surface area contributed by atoms with Gasteiger partial charge in [-0.15, -0.1) is 0 Å². The Morgan fingerprint density at radius 3 is 2.18 bits per heavy atom. The predicted molar refractivity (Wildman–Crippen MR) is 126 cm³/mol. The third kappa shape index (κ3) is 4.57. The van der Waals surface area contributed by atoms with Crippen LogP contribution in [-0.2, 0) is 10.2 Å². The number of aliphatic carboxylic acids is 1. The number of benzene rings is 2. The van der Waals surface area contributed by atoms with Crippen LogP contribution in [0.4, 0.5) is 0 Å². The molecular formula is C24H27Cl2NO6. The topological polar surface area (TPSA) is 85.3 Å². The second kappa shape index (κ2) is 10.1. The molecule has 2 unspecified atom stereocenters. The van der Waals surface area contributed by atoms with Crippen molar-refractivity contribution >= 4 is 35.1 Å². The largest absolute Gasteiger partial charge is 0.493 e. The Morgan fingerprint density at radius 2 is 1.70 bits per heavy atom. The summed E-state index contributed by atoms with van der Waals surface area (Å²) in [5, 5.41) is 10.8. The van der Waals surface area contributed by atoms with Gasteiger partial charge in [0.25, 0.3) is 5.91 Å². The maximum atomic E-state index is 13.5. The van der Waals surface area contributed by atoms with E-state index < -0.39 is 17.3 Å². The van der Waals surface area contributed by atoms with Gasteiger partial charge in [-0.25, -0.2) is 0 Å². The van der Waals surface area contributed by atoms with Crippen molar-refractivity contribution in [1.82, 2.24) is 4.90 Å². The summed E-state index contributed by atoms with van der Waals surface area (Å²) in [5.74, 6) is -0.742. The van der Waals surface area contributed by atoms with Gasteiger partial charge in [0, 0.05) is 24.1 Å². The van der Waals surface area contributed by atoms with E-state index in [2.05, 4.69) is 0 Å². The molecule has 1 aliphatic heterocycles. The summed E-state index contributed by atoms with van der Waals surface area (Å²) >= 11 is 12.4. The zero-order valence-corrected chi connectivity index (χ0v) is 20.5. The number of ether oxygens (including phenoxy) is 3. The first-order valence-corrected chi connectivity index (χ1v) is 11.3. The van der Waals surface area contributed by atoms with Crippen LogP contribution in [0.3, 0.4) is 0 Å². The highest BCUT2D eigenvalue weighted by atomic mass is 35.5. The molecule has 33 heavy (non-hydrogen) atoms. The van der Waals surface area contributed by atoms with Crippen LogP contribution in [0.25, 0.3) is 0 Å². The molecule has 3 rings (SSSR count). The van der Waals surface area contributed by atoms with E-state index in [-0.39, 0.29) is 12.5 Å². The Bertz CT molecular complexity index is 1030. The second-order valence-corrected chi connectivity index (χ2v) is 8.79. The lowest BCUT2D eigenvalue weighted by molar-refractivity contribution is -0.144. The fourth-order valence-electron chi connectivity index (χ4n) is 4.72. The lowest BCUT2D eigenvalue weighted by atomic mass is 9.68. The zero-order valence-electron chi connectivity index (χ0n) is 19.0. The first kappa shape index (κ1) is 25.0. The van der Waals surface area contributed by atoms with Crippen LogP contribution in [0.2, 0.25) is 10.0 Å². The third-order valence-corrected chi connectivity index (χ3v) is 7.11. The molecule has 1 aliphatic rings. The average molecular weight is 496 g/mol. The normalized spacial score (nSPS) is 18.7. The van der Waals surface area contributed by atoms with E-state index in [1.165, 1.54) is 21.3 Å². The minimum absolute atomic E-state index is 0.227. The van der Waals surface area contributed by atoms with Gasteiger partial charge in [0.15, 0.2) is 11.5 Å². The van der Waals surface area contributed by atoms with E-state index in [1.54, 1.807) is 35.2 Å². The summed E-state index contributed by atoms with van der Waals surface area (Å²) in [4.78, 5) is 27.4. The third-order valence-electron chi connectivity index (χ3n) is 6.37. The number of amides is 1. The van der Waals surface area contributed by atoms with Crippen LogP contribution in [-0.4, -0.2) is 56.3 Å². The smallest absolute Gasteiger partial charge is 0.307 e. The molecule has 1 heterocycles. The number of hydrogen-bond donors (Lipinski definition) is 1. The highest BCUT2D eigenvalue weighted by Crippen LogP contribution is 2.45. The van der Waals surface area contributed by atoms with Gasteiger partial charge in [-0.2, -0.15) is 0 Å². The monoisotopic (exact) mass is 495 g/mol. The van der Waals surface area contributed by atoms with E-state index in [1.807, 2.05) is 6.92 Å². The van der Waals surface area contributed by atoms with E-state index in [4.69, 9.17) is 37.4 Å². The highest BCUT2D eigenvalue weighted by molar-refractivity contribution is 6.42. The Kier molecular flexibility index (Phi) is 7.65. The molecule has 1 fully saturated rings. The first-order chi connectivity index (χ1) is 15.7. The molecular weight excluding hydrogens is 469 g/mol. The van der Waals surface area contributed by atoms with Gasteiger partial charge < -0.3 is 24.2 Å². The number of halogens is 2. The van der Waals surface area contributed by atoms with Crippen molar-refractivity contribution in [3.05, 3.63) is 51.5 Å². The average Bonchev–Trinajstić information content (AvgIpc) is 3.25. The molecule has 7 nitrogen and oxygen atoms in total. The summed E-state index contributed by atoms with van der Waals surface area (Å²) in [6, 6.07) is 8.37. The van der Waals surface area contributed by atoms with E-state index in [9.17, 15) is 14.7 Å². The van der Waals surface area contributed by atoms with Crippen LogP contribution in [0, 0.1) is 5.92 Å². The molecule has 0 spiro atoms. The minimum Gasteiger partial charge on any atom is -0.493 e. The van der Waals surface area contributed by atoms with Gasteiger partial charge in [0.2, 0.25) is 5.75 Å². The Morgan fingerprint density at radius 1 is 1.06 bits per heavy atom. The van der Waals surface area contributed by atoms with Crippen molar-refractivity contribution in [2.24, 2.45) is 5.92 Å². The van der Waals surface area contributed by atoms with Gasteiger partial charge >= 0.3 is 5.97 Å². The molecule has 178 valence electrons. The summed E-state index contributed by atoms with van der Waals surface area (Å²) in [6.45, 7) is 2.45. The lowest BCUT2D eigenvalue weighted by Crippen LogP contribution is -2.43. The van der Waals surface area contributed by atoms with Gasteiger partial charge in [-0.3, -0.25) is 9.59 Å². The van der Waals surface area contributed by atoms with Crippen LogP contribution in [0.5, 0.6) is 17.2 Å². The van der Waals surface area contributed by atoms with Gasteiger partial charge in [-0.05, 0) is 42.7 Å². The van der Waals surface area contributed by atoms with Crippen LogP contribution < -0.4 is 14.2 Å². The number of methoxy groups -OCH3 is 3. The van der Waals surface area contributed by atoms with Crippen molar-refractivity contribution in [1.29, 1.82) is 0 Å². The van der Waals surface area contributed by atoms with Crippen molar-refractivity contribution in [3.63, 3.8) is 0 Å². The van der Waals surface area contributed by atoms with Crippen LogP contribution in [0.1, 0.15) is 35.7 Å². The lowest BCUT2D eigenvalue weighted by Gasteiger charge is -2.35. The van der Waals surface area contributed by atoms with Crippen molar-refractivity contribution in [3.8, 4) is 17.2 Å². The van der Waals surface area contributed by atoms with Gasteiger partial charge in [0.1, 0.15) is 0 Å². The number of carbonyl (C=O) groups excluding carboxylic acids is 1. The molecule has 0 aliphatic carbocycles. The quantitative estimate of drug-likeness (QED) is 0.559. The molecule has 0 bridgehead atoms. The molecule has 0 saturated carbocycles. The fourth-order valence-corrected chi connectivity index (χ4v) is 5.02. The molecule has 9 heteroatoms. The number of carboxylic acid groups (broad SMARTS) is 1. The second-order valence-electron chi connectivity index (χ2n) is 7.97. The molecule has 1 saturated heterocycles. The maximum Gasteiger partial charge on any atom is 0.307 e.